The van der Waals surface area contributed by atoms with Crippen molar-refractivity contribution >= 4 is 0 Å². The van der Waals surface area contributed by atoms with Crippen molar-refractivity contribution in [2.45, 2.75) is 13.0 Å². The third-order valence-electron chi connectivity index (χ3n) is 3.94. The number of piperazine rings is 1. The van der Waals surface area contributed by atoms with Gasteiger partial charge in [-0.3, -0.25) is 4.90 Å². The van der Waals surface area contributed by atoms with Gasteiger partial charge in [0.1, 0.15) is 12.7 Å². The third kappa shape index (κ3) is 3.57. The van der Waals surface area contributed by atoms with Gasteiger partial charge >= 0.3 is 0 Å². The Bertz CT molecular complexity index is 422. The lowest BCUT2D eigenvalue weighted by Gasteiger charge is -2.36. The highest BCUT2D eigenvalue weighted by atomic mass is 35.5. The minimum absolute atomic E-state index is 0. The zero-order chi connectivity index (χ0) is 13.1. The molecule has 4 nitrogen and oxygen atoms in total. The largest absolute Gasteiger partial charge is 1.00 e. The number of hydrogen-bond donors (Lipinski definition) is 0. The summed E-state index contributed by atoms with van der Waals surface area (Å²) in [6.07, 6.45) is 0.156. The van der Waals surface area contributed by atoms with Crippen LogP contribution in [0.15, 0.2) is 24.3 Å². The monoisotopic (exact) mass is 297 g/mol. The Morgan fingerprint density at radius 2 is 1.70 bits per heavy atom. The van der Waals surface area contributed by atoms with Gasteiger partial charge in [-0.25, -0.2) is 0 Å². The van der Waals surface area contributed by atoms with Gasteiger partial charge in [-0.2, -0.15) is 0 Å². The number of likely N-dealkylation sites (N-methyl/N-ethyl adjacent to an activating group) is 1. The summed E-state index contributed by atoms with van der Waals surface area (Å²) in [6.45, 7) is 9.61. The highest BCUT2D eigenvalue weighted by molar-refractivity contribution is 5.40. The second-order valence-electron chi connectivity index (χ2n) is 5.23. The number of halogens is 1. The summed E-state index contributed by atoms with van der Waals surface area (Å²) in [6, 6.07) is 7.92. The summed E-state index contributed by atoms with van der Waals surface area (Å²) < 4.78 is 11.8. The Morgan fingerprint density at radius 1 is 1.05 bits per heavy atom. The van der Waals surface area contributed by atoms with Crippen molar-refractivity contribution < 1.29 is 21.9 Å². The molecular weight excluding hydrogens is 276 g/mol. The van der Waals surface area contributed by atoms with Gasteiger partial charge in [0.2, 0.25) is 0 Å². The molecule has 1 saturated heterocycles. The number of fused-ring (bicyclic) bond motifs is 1. The van der Waals surface area contributed by atoms with E-state index >= 15 is 0 Å². The molecule has 1 atom stereocenters. The zero-order valence-corrected chi connectivity index (χ0v) is 12.7. The highest BCUT2D eigenvalue weighted by Gasteiger charge is 2.24. The predicted molar refractivity (Wildman–Crippen MR) is 74.9 cm³/mol. The molecule has 112 valence electrons. The number of benzene rings is 1. The quantitative estimate of drug-likeness (QED) is 0.676. The number of hydrogen-bond acceptors (Lipinski definition) is 4. The highest BCUT2D eigenvalue weighted by Crippen LogP contribution is 2.31. The number of ether oxygens (including phenoxy) is 2. The first-order chi connectivity index (χ1) is 9.35. The van der Waals surface area contributed by atoms with Crippen LogP contribution in [-0.2, 0) is 0 Å². The molecule has 5 heteroatoms. The Morgan fingerprint density at radius 3 is 2.40 bits per heavy atom. The second kappa shape index (κ2) is 7.16. The van der Waals surface area contributed by atoms with Crippen molar-refractivity contribution in [2.75, 3.05) is 45.9 Å². The molecule has 1 fully saturated rings. The molecule has 0 radical (unpaired) electrons. The molecular formula is C15H22ClN2O2-. The van der Waals surface area contributed by atoms with E-state index < -0.39 is 0 Å². The predicted octanol–water partition coefficient (Wildman–Crippen LogP) is -1.53. The van der Waals surface area contributed by atoms with E-state index in [-0.39, 0.29) is 18.5 Å². The summed E-state index contributed by atoms with van der Waals surface area (Å²) in [7, 11) is 0. The first-order valence-corrected chi connectivity index (χ1v) is 7.18. The normalized spacial score (nSPS) is 23.1. The molecule has 1 aromatic rings. The smallest absolute Gasteiger partial charge is 0.161 e. The zero-order valence-electron chi connectivity index (χ0n) is 11.9. The van der Waals surface area contributed by atoms with Gasteiger partial charge in [0, 0.05) is 32.7 Å². The molecule has 0 N–H and O–H groups in total. The molecule has 2 aliphatic rings. The van der Waals surface area contributed by atoms with Crippen molar-refractivity contribution in [1.82, 2.24) is 9.80 Å². The summed E-state index contributed by atoms with van der Waals surface area (Å²) in [5.74, 6) is 1.75. The summed E-state index contributed by atoms with van der Waals surface area (Å²) in [5, 5.41) is 0. The van der Waals surface area contributed by atoms with Gasteiger partial charge in [0.25, 0.3) is 0 Å². The van der Waals surface area contributed by atoms with Crippen LogP contribution >= 0.6 is 0 Å². The van der Waals surface area contributed by atoms with Crippen LogP contribution in [0.4, 0.5) is 0 Å². The maximum Gasteiger partial charge on any atom is 0.161 e. The molecule has 0 aromatic heterocycles. The van der Waals surface area contributed by atoms with Gasteiger partial charge in [0.05, 0.1) is 0 Å². The average Bonchev–Trinajstić information content (AvgIpc) is 2.48. The Hall–Kier alpha value is -0.970. The van der Waals surface area contributed by atoms with E-state index in [0.29, 0.717) is 6.61 Å². The Labute approximate surface area is 127 Å². The molecule has 0 bridgehead atoms. The van der Waals surface area contributed by atoms with Crippen LogP contribution in [-0.4, -0.2) is 61.8 Å². The lowest BCUT2D eigenvalue weighted by atomic mass is 10.2. The fraction of sp³-hybridized carbons (Fsp3) is 0.600. The van der Waals surface area contributed by atoms with E-state index in [2.05, 4.69) is 16.7 Å². The molecule has 1 unspecified atom stereocenters. The van der Waals surface area contributed by atoms with Crippen molar-refractivity contribution in [1.29, 1.82) is 0 Å². The number of para-hydroxylation sites is 2. The van der Waals surface area contributed by atoms with Crippen LogP contribution in [0.2, 0.25) is 0 Å². The van der Waals surface area contributed by atoms with Gasteiger partial charge in [-0.1, -0.05) is 19.1 Å². The first kappa shape index (κ1) is 15.4. The average molecular weight is 298 g/mol. The van der Waals surface area contributed by atoms with Crippen LogP contribution < -0.4 is 21.9 Å². The van der Waals surface area contributed by atoms with Gasteiger partial charge in [0.15, 0.2) is 11.5 Å². The van der Waals surface area contributed by atoms with Crippen LogP contribution in [0.1, 0.15) is 6.92 Å². The molecule has 0 aliphatic carbocycles. The Balaban J connectivity index is 0.00000147. The minimum atomic E-state index is 0. The van der Waals surface area contributed by atoms with Gasteiger partial charge < -0.3 is 26.8 Å². The van der Waals surface area contributed by atoms with Crippen LogP contribution in [0.3, 0.4) is 0 Å². The van der Waals surface area contributed by atoms with Crippen LogP contribution in [0.5, 0.6) is 11.5 Å². The van der Waals surface area contributed by atoms with Crippen molar-refractivity contribution in [3.8, 4) is 11.5 Å². The summed E-state index contributed by atoms with van der Waals surface area (Å²) >= 11 is 0. The van der Waals surface area contributed by atoms with Gasteiger partial charge in [-0.05, 0) is 18.7 Å². The van der Waals surface area contributed by atoms with E-state index in [0.717, 1.165) is 37.7 Å². The minimum Gasteiger partial charge on any atom is -1.00 e. The molecule has 2 aliphatic heterocycles. The molecule has 1 aromatic carbocycles. The first-order valence-electron chi connectivity index (χ1n) is 7.18. The van der Waals surface area contributed by atoms with E-state index in [4.69, 9.17) is 9.47 Å². The SMILES string of the molecule is CCN1CCN(CC2COc3ccccc3O2)CC1.[Cl-]. The van der Waals surface area contributed by atoms with Crippen molar-refractivity contribution in [2.24, 2.45) is 0 Å². The summed E-state index contributed by atoms with van der Waals surface area (Å²) in [5.41, 5.74) is 0. The maximum atomic E-state index is 6.01. The number of nitrogens with zero attached hydrogens (tertiary/aromatic N) is 2. The molecule has 0 spiro atoms. The van der Waals surface area contributed by atoms with E-state index in [1.54, 1.807) is 0 Å². The van der Waals surface area contributed by atoms with E-state index in [1.807, 2.05) is 24.3 Å². The summed E-state index contributed by atoms with van der Waals surface area (Å²) in [4.78, 5) is 4.97. The standard InChI is InChI=1S/C15H22N2O2.ClH/c1-2-16-7-9-17(10-8-16)11-13-12-18-14-5-3-4-6-15(14)19-13;/h3-6,13H,2,7-12H2,1H3;1H/p-1. The molecule has 3 rings (SSSR count). The lowest BCUT2D eigenvalue weighted by Crippen LogP contribution is -3.00. The van der Waals surface area contributed by atoms with Crippen LogP contribution in [0.25, 0.3) is 0 Å². The molecule has 20 heavy (non-hydrogen) atoms. The van der Waals surface area contributed by atoms with Gasteiger partial charge in [-0.15, -0.1) is 0 Å². The molecule has 0 saturated carbocycles. The fourth-order valence-electron chi connectivity index (χ4n) is 2.73. The lowest BCUT2D eigenvalue weighted by molar-refractivity contribution is -0.00000504. The number of rotatable bonds is 3. The third-order valence-corrected chi connectivity index (χ3v) is 3.94. The fourth-order valence-corrected chi connectivity index (χ4v) is 2.73. The van der Waals surface area contributed by atoms with E-state index in [1.165, 1.54) is 13.1 Å². The topological polar surface area (TPSA) is 24.9 Å². The maximum absolute atomic E-state index is 6.01. The van der Waals surface area contributed by atoms with Crippen molar-refractivity contribution in [3.05, 3.63) is 24.3 Å². The van der Waals surface area contributed by atoms with Crippen molar-refractivity contribution in [3.63, 3.8) is 0 Å². The Kier molecular flexibility index (Phi) is 5.52. The van der Waals surface area contributed by atoms with E-state index in [9.17, 15) is 0 Å². The second-order valence-corrected chi connectivity index (χ2v) is 5.23. The molecule has 2 heterocycles. The van der Waals surface area contributed by atoms with Crippen LogP contribution in [0, 0.1) is 0 Å². The molecule has 0 amide bonds.